The second-order valence-electron chi connectivity index (χ2n) is 8.95. The van der Waals surface area contributed by atoms with Gasteiger partial charge in [-0.05, 0) is 49.2 Å². The Labute approximate surface area is 214 Å². The van der Waals surface area contributed by atoms with Gasteiger partial charge in [0.15, 0.2) is 0 Å². The fourth-order valence-corrected chi connectivity index (χ4v) is 4.45. The molecule has 0 spiro atoms. The van der Waals surface area contributed by atoms with Crippen molar-refractivity contribution in [3.05, 3.63) is 115 Å². The van der Waals surface area contributed by atoms with E-state index in [4.69, 9.17) is 9.97 Å². The lowest BCUT2D eigenvalue weighted by Gasteiger charge is -2.17. The van der Waals surface area contributed by atoms with Crippen LogP contribution in [0.1, 0.15) is 24.1 Å². The number of anilines is 1. The molecule has 0 amide bonds. The van der Waals surface area contributed by atoms with Gasteiger partial charge in [0.2, 0.25) is 5.95 Å². The van der Waals surface area contributed by atoms with E-state index in [9.17, 15) is 0 Å². The minimum absolute atomic E-state index is 0.0373. The number of nitrogens with one attached hydrogen (secondary N) is 1. The summed E-state index contributed by atoms with van der Waals surface area (Å²) in [6.07, 6.45) is 3.47. The maximum Gasteiger partial charge on any atom is 0.225 e. The van der Waals surface area contributed by atoms with Crippen LogP contribution >= 0.6 is 0 Å². The molecule has 0 aliphatic rings. The highest BCUT2D eigenvalue weighted by molar-refractivity contribution is 5.82. The second-order valence-corrected chi connectivity index (χ2v) is 8.95. The quantitative estimate of drug-likeness (QED) is 0.294. The van der Waals surface area contributed by atoms with Gasteiger partial charge in [0.05, 0.1) is 28.5 Å². The van der Waals surface area contributed by atoms with Crippen LogP contribution in [0.2, 0.25) is 0 Å². The third-order valence-electron chi connectivity index (χ3n) is 6.44. The molecule has 180 valence electrons. The van der Waals surface area contributed by atoms with E-state index in [-0.39, 0.29) is 6.04 Å². The van der Waals surface area contributed by atoms with Crippen molar-refractivity contribution in [1.29, 1.82) is 0 Å². The van der Waals surface area contributed by atoms with Crippen LogP contribution in [-0.4, -0.2) is 29.7 Å². The largest absolute Gasteiger partial charge is 0.348 e. The Morgan fingerprint density at radius 2 is 1.65 bits per heavy atom. The average Bonchev–Trinajstić information content (AvgIpc) is 3.37. The van der Waals surface area contributed by atoms with Gasteiger partial charge < -0.3 is 5.32 Å². The molecule has 3 aromatic heterocycles. The van der Waals surface area contributed by atoms with Gasteiger partial charge in [-0.2, -0.15) is 15.2 Å². The van der Waals surface area contributed by atoms with Crippen molar-refractivity contribution < 1.29 is 0 Å². The van der Waals surface area contributed by atoms with Crippen molar-refractivity contribution in [3.8, 4) is 28.3 Å². The van der Waals surface area contributed by atoms with Gasteiger partial charge in [0.1, 0.15) is 12.1 Å². The summed E-state index contributed by atoms with van der Waals surface area (Å²) in [5, 5.41) is 11.7. The molecule has 7 nitrogen and oxygen atoms in total. The molecule has 1 N–H and O–H groups in total. The van der Waals surface area contributed by atoms with Gasteiger partial charge in [-0.3, -0.25) is 4.57 Å². The zero-order chi connectivity index (χ0) is 25.2. The SMILES string of the molecule is Cc1ccccc1-c1cc(-n2cnc3cc(-c4cccnn4)ccc32)nc(NC(C)c2ccccc2)n1. The van der Waals surface area contributed by atoms with Gasteiger partial charge in [0.25, 0.3) is 0 Å². The molecular weight excluding hydrogens is 458 g/mol. The predicted molar refractivity (Wildman–Crippen MR) is 146 cm³/mol. The number of benzene rings is 3. The van der Waals surface area contributed by atoms with Crippen molar-refractivity contribution >= 4 is 17.0 Å². The maximum absolute atomic E-state index is 4.91. The van der Waals surface area contributed by atoms with Crippen LogP contribution in [0.15, 0.2) is 104 Å². The van der Waals surface area contributed by atoms with Crippen LogP contribution in [0, 0.1) is 6.92 Å². The van der Waals surface area contributed by atoms with Crippen molar-refractivity contribution in [2.24, 2.45) is 0 Å². The lowest BCUT2D eigenvalue weighted by atomic mass is 10.1. The Morgan fingerprint density at radius 3 is 2.46 bits per heavy atom. The Hall–Kier alpha value is -4.91. The standard InChI is InChI=1S/C30H25N7/c1-20-9-6-7-12-24(20)26-18-29(35-30(34-26)33-21(2)22-10-4-3-5-11-22)37-19-31-27-17-23(14-15-28(27)37)25-13-8-16-32-36-25/h3-19,21H,1-2H3,(H,33,34,35). The summed E-state index contributed by atoms with van der Waals surface area (Å²) >= 11 is 0. The molecule has 3 aromatic carbocycles. The molecule has 1 unspecified atom stereocenters. The summed E-state index contributed by atoms with van der Waals surface area (Å²) in [5.41, 5.74) is 7.81. The zero-order valence-corrected chi connectivity index (χ0v) is 20.6. The monoisotopic (exact) mass is 483 g/mol. The predicted octanol–water partition coefficient (Wildman–Crippen LogP) is 6.42. The van der Waals surface area contributed by atoms with E-state index < -0.39 is 0 Å². The number of nitrogens with zero attached hydrogens (tertiary/aromatic N) is 6. The molecule has 0 saturated heterocycles. The van der Waals surface area contributed by atoms with Gasteiger partial charge in [-0.25, -0.2) is 9.97 Å². The normalized spacial score (nSPS) is 11.9. The smallest absolute Gasteiger partial charge is 0.225 e. The van der Waals surface area contributed by atoms with Crippen LogP contribution in [-0.2, 0) is 0 Å². The van der Waals surface area contributed by atoms with E-state index >= 15 is 0 Å². The molecule has 0 bridgehead atoms. The minimum atomic E-state index is 0.0373. The number of imidazole rings is 1. The molecular formula is C30H25N7. The van der Waals surface area contributed by atoms with E-state index in [0.717, 1.165) is 44.9 Å². The summed E-state index contributed by atoms with van der Waals surface area (Å²) in [5.74, 6) is 1.30. The molecule has 7 heteroatoms. The maximum atomic E-state index is 4.91. The van der Waals surface area contributed by atoms with Gasteiger partial charge in [-0.15, -0.1) is 0 Å². The van der Waals surface area contributed by atoms with Crippen molar-refractivity contribution in [2.45, 2.75) is 19.9 Å². The molecule has 0 fully saturated rings. The lowest BCUT2D eigenvalue weighted by Crippen LogP contribution is -2.11. The van der Waals surface area contributed by atoms with Crippen LogP contribution in [0.25, 0.3) is 39.4 Å². The summed E-state index contributed by atoms with van der Waals surface area (Å²) in [6, 6.07) is 30.5. The van der Waals surface area contributed by atoms with Gasteiger partial charge >= 0.3 is 0 Å². The third-order valence-corrected chi connectivity index (χ3v) is 6.44. The fraction of sp³-hybridized carbons (Fsp3) is 0.100. The van der Waals surface area contributed by atoms with E-state index in [1.54, 1.807) is 12.5 Å². The molecule has 37 heavy (non-hydrogen) atoms. The van der Waals surface area contributed by atoms with Crippen LogP contribution in [0.4, 0.5) is 5.95 Å². The topological polar surface area (TPSA) is 81.4 Å². The molecule has 0 radical (unpaired) electrons. The average molecular weight is 484 g/mol. The number of fused-ring (bicyclic) bond motifs is 1. The highest BCUT2D eigenvalue weighted by atomic mass is 15.2. The lowest BCUT2D eigenvalue weighted by molar-refractivity contribution is 0.855. The zero-order valence-electron chi connectivity index (χ0n) is 20.6. The van der Waals surface area contributed by atoms with Crippen LogP contribution < -0.4 is 5.32 Å². The Kier molecular flexibility index (Phi) is 5.86. The minimum Gasteiger partial charge on any atom is -0.348 e. The molecule has 6 rings (SSSR count). The molecule has 6 aromatic rings. The molecule has 0 aliphatic heterocycles. The fourth-order valence-electron chi connectivity index (χ4n) is 4.45. The van der Waals surface area contributed by atoms with E-state index in [1.165, 1.54) is 5.56 Å². The summed E-state index contributed by atoms with van der Waals surface area (Å²) < 4.78 is 2.00. The first-order chi connectivity index (χ1) is 18.2. The van der Waals surface area contributed by atoms with Crippen molar-refractivity contribution in [2.75, 3.05) is 5.32 Å². The van der Waals surface area contributed by atoms with E-state index in [0.29, 0.717) is 5.95 Å². The highest BCUT2D eigenvalue weighted by Gasteiger charge is 2.15. The number of hydrogen-bond donors (Lipinski definition) is 1. The number of hydrogen-bond acceptors (Lipinski definition) is 6. The van der Waals surface area contributed by atoms with E-state index in [2.05, 4.69) is 58.6 Å². The molecule has 0 saturated carbocycles. The Bertz CT molecular complexity index is 1680. The number of aryl methyl sites for hydroxylation is 1. The van der Waals surface area contributed by atoms with E-state index in [1.807, 2.05) is 71.3 Å². The summed E-state index contributed by atoms with van der Waals surface area (Å²) in [7, 11) is 0. The van der Waals surface area contributed by atoms with Crippen molar-refractivity contribution in [1.82, 2.24) is 29.7 Å². The van der Waals surface area contributed by atoms with Gasteiger partial charge in [-0.1, -0.05) is 60.7 Å². The van der Waals surface area contributed by atoms with Crippen LogP contribution in [0.3, 0.4) is 0 Å². The number of rotatable bonds is 6. The number of aromatic nitrogens is 6. The third kappa shape index (κ3) is 4.54. The Morgan fingerprint density at radius 1 is 0.811 bits per heavy atom. The van der Waals surface area contributed by atoms with Gasteiger partial charge in [0, 0.05) is 23.4 Å². The second kappa shape index (κ2) is 9.62. The van der Waals surface area contributed by atoms with Crippen molar-refractivity contribution in [3.63, 3.8) is 0 Å². The highest BCUT2D eigenvalue weighted by Crippen LogP contribution is 2.28. The Balaban J connectivity index is 1.44. The molecule has 0 aliphatic carbocycles. The first-order valence-corrected chi connectivity index (χ1v) is 12.2. The molecule has 3 heterocycles. The molecule has 1 atom stereocenters. The summed E-state index contributed by atoms with van der Waals surface area (Å²) in [4.78, 5) is 14.5. The summed E-state index contributed by atoms with van der Waals surface area (Å²) in [6.45, 7) is 4.21. The first kappa shape index (κ1) is 22.5. The van der Waals surface area contributed by atoms with Crippen LogP contribution in [0.5, 0.6) is 0 Å². The first-order valence-electron chi connectivity index (χ1n) is 12.2.